The maximum absolute atomic E-state index is 11.8. The molecule has 1 amide bonds. The van der Waals surface area contributed by atoms with Crippen LogP contribution in [0.4, 0.5) is 16.2 Å². The summed E-state index contributed by atoms with van der Waals surface area (Å²) in [6.45, 7) is 2.32. The SMILES string of the molecule is CCOC(=O)Nc1cc([N+](=O)[O-])ccc1C#Cc1ccc(OCc2ccccc2)cc1. The van der Waals surface area contributed by atoms with Gasteiger partial charge in [0.1, 0.15) is 12.4 Å². The zero-order chi connectivity index (χ0) is 22.1. The first-order valence-corrected chi connectivity index (χ1v) is 9.56. The van der Waals surface area contributed by atoms with Crippen LogP contribution < -0.4 is 10.1 Å². The number of hydrogen-bond donors (Lipinski definition) is 1. The van der Waals surface area contributed by atoms with Gasteiger partial charge in [0.25, 0.3) is 5.69 Å². The molecule has 3 aromatic rings. The quantitative estimate of drug-likeness (QED) is 0.341. The van der Waals surface area contributed by atoms with Crippen LogP contribution in [-0.4, -0.2) is 17.6 Å². The van der Waals surface area contributed by atoms with Gasteiger partial charge in [-0.05, 0) is 42.8 Å². The number of nitro groups is 1. The van der Waals surface area contributed by atoms with Crippen molar-refractivity contribution in [2.24, 2.45) is 0 Å². The largest absolute Gasteiger partial charge is 0.489 e. The summed E-state index contributed by atoms with van der Waals surface area (Å²) in [6.07, 6.45) is -0.703. The summed E-state index contributed by atoms with van der Waals surface area (Å²) in [5.41, 5.74) is 2.29. The average Bonchev–Trinajstić information content (AvgIpc) is 2.78. The molecule has 7 heteroatoms. The van der Waals surface area contributed by atoms with E-state index in [1.807, 2.05) is 54.6 Å². The van der Waals surface area contributed by atoms with Crippen LogP contribution in [0.5, 0.6) is 5.75 Å². The van der Waals surface area contributed by atoms with Crippen LogP contribution in [-0.2, 0) is 11.3 Å². The Hall–Kier alpha value is -4.31. The van der Waals surface area contributed by atoms with E-state index in [2.05, 4.69) is 17.2 Å². The van der Waals surface area contributed by atoms with Crippen LogP contribution in [0.2, 0.25) is 0 Å². The summed E-state index contributed by atoms with van der Waals surface area (Å²) in [5.74, 6) is 6.64. The number of nitrogens with zero attached hydrogens (tertiary/aromatic N) is 1. The second-order valence-corrected chi connectivity index (χ2v) is 6.38. The fourth-order valence-electron chi connectivity index (χ4n) is 2.65. The van der Waals surface area contributed by atoms with E-state index in [0.717, 1.165) is 16.9 Å². The van der Waals surface area contributed by atoms with Gasteiger partial charge in [-0.2, -0.15) is 0 Å². The molecule has 0 heterocycles. The van der Waals surface area contributed by atoms with E-state index < -0.39 is 11.0 Å². The van der Waals surface area contributed by atoms with E-state index in [1.165, 1.54) is 18.2 Å². The van der Waals surface area contributed by atoms with Gasteiger partial charge in [-0.3, -0.25) is 15.4 Å². The first kappa shape index (κ1) is 21.4. The van der Waals surface area contributed by atoms with Crippen molar-refractivity contribution in [3.05, 3.63) is 99.6 Å². The van der Waals surface area contributed by atoms with Crippen LogP contribution in [0.3, 0.4) is 0 Å². The Morgan fingerprint density at radius 1 is 1.03 bits per heavy atom. The number of anilines is 1. The van der Waals surface area contributed by atoms with Crippen molar-refractivity contribution in [1.82, 2.24) is 0 Å². The van der Waals surface area contributed by atoms with E-state index >= 15 is 0 Å². The van der Waals surface area contributed by atoms with E-state index in [0.29, 0.717) is 12.2 Å². The van der Waals surface area contributed by atoms with Crippen LogP contribution >= 0.6 is 0 Å². The molecule has 31 heavy (non-hydrogen) atoms. The molecule has 0 aliphatic heterocycles. The molecule has 0 fully saturated rings. The topological polar surface area (TPSA) is 90.7 Å². The fraction of sp³-hybridized carbons (Fsp3) is 0.125. The van der Waals surface area contributed by atoms with E-state index in [-0.39, 0.29) is 18.0 Å². The minimum Gasteiger partial charge on any atom is -0.489 e. The number of carbonyl (C=O) groups excluding carboxylic acids is 1. The van der Waals surface area contributed by atoms with Gasteiger partial charge in [-0.15, -0.1) is 0 Å². The second kappa shape index (κ2) is 10.5. The number of rotatable bonds is 6. The van der Waals surface area contributed by atoms with Crippen molar-refractivity contribution < 1.29 is 19.2 Å². The number of ether oxygens (including phenoxy) is 2. The molecule has 0 aromatic heterocycles. The first-order chi connectivity index (χ1) is 15.0. The molecule has 0 unspecified atom stereocenters. The minimum atomic E-state index is -0.703. The minimum absolute atomic E-state index is 0.155. The lowest BCUT2D eigenvalue weighted by Crippen LogP contribution is -2.14. The standard InChI is InChI=1S/C24H20N2O5/c1-2-30-24(27)25-23-16-21(26(28)29)13-12-20(23)11-8-18-9-14-22(15-10-18)31-17-19-6-4-3-5-7-19/h3-7,9-10,12-16H,2,17H2,1H3,(H,25,27). The highest BCUT2D eigenvalue weighted by atomic mass is 16.6. The number of benzene rings is 3. The number of amides is 1. The Kier molecular flexibility index (Phi) is 7.22. The van der Waals surface area contributed by atoms with Crippen molar-refractivity contribution in [2.75, 3.05) is 11.9 Å². The Labute approximate surface area is 179 Å². The zero-order valence-electron chi connectivity index (χ0n) is 16.8. The number of carbonyl (C=O) groups is 1. The third kappa shape index (κ3) is 6.34. The number of non-ortho nitro benzene ring substituents is 1. The first-order valence-electron chi connectivity index (χ1n) is 9.56. The predicted molar refractivity (Wildman–Crippen MR) is 117 cm³/mol. The summed E-state index contributed by atoms with van der Waals surface area (Å²) in [6, 6.07) is 21.2. The molecule has 0 radical (unpaired) electrons. The number of hydrogen-bond acceptors (Lipinski definition) is 5. The molecule has 0 aliphatic rings. The van der Waals surface area contributed by atoms with Crippen LogP contribution in [0.1, 0.15) is 23.6 Å². The summed E-state index contributed by atoms with van der Waals surface area (Å²) >= 11 is 0. The summed E-state index contributed by atoms with van der Waals surface area (Å²) in [4.78, 5) is 22.3. The smallest absolute Gasteiger partial charge is 0.411 e. The van der Waals surface area contributed by atoms with E-state index in [1.54, 1.807) is 6.92 Å². The van der Waals surface area contributed by atoms with Crippen molar-refractivity contribution in [3.8, 4) is 17.6 Å². The van der Waals surface area contributed by atoms with Gasteiger partial charge in [0.2, 0.25) is 0 Å². The molecule has 0 saturated heterocycles. The lowest BCUT2D eigenvalue weighted by atomic mass is 10.1. The molecule has 0 saturated carbocycles. The van der Waals surface area contributed by atoms with Gasteiger partial charge >= 0.3 is 6.09 Å². The van der Waals surface area contributed by atoms with Crippen LogP contribution in [0.15, 0.2) is 72.8 Å². The Bertz CT molecular complexity index is 1120. The van der Waals surface area contributed by atoms with Gasteiger partial charge in [-0.25, -0.2) is 4.79 Å². The van der Waals surface area contributed by atoms with Crippen LogP contribution in [0.25, 0.3) is 0 Å². The third-order valence-electron chi connectivity index (χ3n) is 4.17. The Morgan fingerprint density at radius 3 is 2.45 bits per heavy atom. The van der Waals surface area contributed by atoms with Gasteiger partial charge in [0.05, 0.1) is 17.2 Å². The van der Waals surface area contributed by atoms with Gasteiger partial charge in [-0.1, -0.05) is 42.2 Å². The fourth-order valence-corrected chi connectivity index (χ4v) is 2.65. The predicted octanol–water partition coefficient (Wildman–Crippen LogP) is 5.14. The molecule has 3 rings (SSSR count). The zero-order valence-corrected chi connectivity index (χ0v) is 16.8. The van der Waals surface area contributed by atoms with Crippen molar-refractivity contribution in [3.63, 3.8) is 0 Å². The monoisotopic (exact) mass is 416 g/mol. The highest BCUT2D eigenvalue weighted by Gasteiger charge is 2.12. The summed E-state index contributed by atoms with van der Waals surface area (Å²) in [7, 11) is 0. The van der Waals surface area contributed by atoms with E-state index in [4.69, 9.17) is 9.47 Å². The number of nitro benzene ring substituents is 1. The molecule has 0 aliphatic carbocycles. The lowest BCUT2D eigenvalue weighted by Gasteiger charge is -2.07. The molecule has 0 bridgehead atoms. The van der Waals surface area contributed by atoms with Crippen molar-refractivity contribution in [1.29, 1.82) is 0 Å². The molecular formula is C24H20N2O5. The summed E-state index contributed by atoms with van der Waals surface area (Å²) in [5, 5.41) is 13.5. The molecule has 3 aromatic carbocycles. The average molecular weight is 416 g/mol. The van der Waals surface area contributed by atoms with Gasteiger partial charge < -0.3 is 9.47 Å². The summed E-state index contributed by atoms with van der Waals surface area (Å²) < 4.78 is 10.6. The van der Waals surface area contributed by atoms with Gasteiger partial charge in [0.15, 0.2) is 0 Å². The Balaban J connectivity index is 1.74. The molecule has 7 nitrogen and oxygen atoms in total. The van der Waals surface area contributed by atoms with Gasteiger partial charge in [0, 0.05) is 23.3 Å². The molecule has 0 spiro atoms. The van der Waals surface area contributed by atoms with Crippen LogP contribution in [0, 0.1) is 22.0 Å². The van der Waals surface area contributed by atoms with Crippen molar-refractivity contribution >= 4 is 17.5 Å². The van der Waals surface area contributed by atoms with E-state index in [9.17, 15) is 14.9 Å². The maximum Gasteiger partial charge on any atom is 0.411 e. The van der Waals surface area contributed by atoms with Crippen molar-refractivity contribution in [2.45, 2.75) is 13.5 Å². The lowest BCUT2D eigenvalue weighted by molar-refractivity contribution is -0.384. The normalized spacial score (nSPS) is 9.84. The maximum atomic E-state index is 11.8. The molecule has 1 N–H and O–H groups in total. The molecular weight excluding hydrogens is 396 g/mol. The molecule has 0 atom stereocenters. The third-order valence-corrected chi connectivity index (χ3v) is 4.17. The Morgan fingerprint density at radius 2 is 1.77 bits per heavy atom. The number of nitrogens with one attached hydrogen (secondary N) is 1. The highest BCUT2D eigenvalue weighted by molar-refractivity contribution is 5.87. The second-order valence-electron chi connectivity index (χ2n) is 6.38. The molecule has 156 valence electrons. The highest BCUT2D eigenvalue weighted by Crippen LogP contribution is 2.22.